The third-order valence-electron chi connectivity index (χ3n) is 4.80. The number of carbonyl (C=O) groups excluding carboxylic acids is 3. The first-order valence-electron chi connectivity index (χ1n) is 9.08. The molecule has 6 heteroatoms. The summed E-state index contributed by atoms with van der Waals surface area (Å²) in [5.74, 6) is -0.494. The number of nitrogens with one attached hydrogen (secondary N) is 1. The molecule has 0 aliphatic carbocycles. The van der Waals surface area contributed by atoms with Gasteiger partial charge in [-0.2, -0.15) is 0 Å². The number of rotatable bonds is 5. The molecule has 0 spiro atoms. The summed E-state index contributed by atoms with van der Waals surface area (Å²) < 4.78 is 5.13. The standard InChI is InChI=1S/C23H18N2O4/c1-29-16-12-10-15(11-13-16)14-24-21(26)19-8-4-5-9-20(19)25-22(27)17-6-2-3-7-18(17)23(25)28/h2-13H,14H2,1H3,(H,24,26). The van der Waals surface area contributed by atoms with Gasteiger partial charge in [0, 0.05) is 6.54 Å². The summed E-state index contributed by atoms with van der Waals surface area (Å²) in [6.45, 7) is 0.305. The van der Waals surface area contributed by atoms with Crippen molar-refractivity contribution in [2.75, 3.05) is 12.0 Å². The predicted octanol–water partition coefficient (Wildman–Crippen LogP) is 3.43. The van der Waals surface area contributed by atoms with Crippen LogP contribution in [0, 0.1) is 0 Å². The second-order valence-corrected chi connectivity index (χ2v) is 6.54. The highest BCUT2D eigenvalue weighted by atomic mass is 16.5. The maximum atomic E-state index is 12.8. The number of ether oxygens (including phenoxy) is 1. The van der Waals surface area contributed by atoms with Crippen molar-refractivity contribution in [2.45, 2.75) is 6.54 Å². The molecular weight excluding hydrogens is 368 g/mol. The third-order valence-corrected chi connectivity index (χ3v) is 4.80. The van der Waals surface area contributed by atoms with E-state index in [-0.39, 0.29) is 17.2 Å². The van der Waals surface area contributed by atoms with Crippen LogP contribution in [0.25, 0.3) is 0 Å². The van der Waals surface area contributed by atoms with E-state index in [4.69, 9.17) is 4.74 Å². The van der Waals surface area contributed by atoms with Gasteiger partial charge in [-0.15, -0.1) is 0 Å². The number of carbonyl (C=O) groups is 3. The molecule has 0 saturated heterocycles. The average molecular weight is 386 g/mol. The lowest BCUT2D eigenvalue weighted by molar-refractivity contribution is 0.0926. The van der Waals surface area contributed by atoms with E-state index in [2.05, 4.69) is 5.32 Å². The zero-order valence-electron chi connectivity index (χ0n) is 15.7. The minimum Gasteiger partial charge on any atom is -0.497 e. The number of amides is 3. The van der Waals surface area contributed by atoms with Crippen LogP contribution in [0.4, 0.5) is 5.69 Å². The molecule has 4 rings (SSSR count). The molecule has 0 atom stereocenters. The van der Waals surface area contributed by atoms with Gasteiger partial charge < -0.3 is 10.1 Å². The first-order chi connectivity index (χ1) is 14.1. The van der Waals surface area contributed by atoms with Crippen molar-refractivity contribution in [3.63, 3.8) is 0 Å². The van der Waals surface area contributed by atoms with Gasteiger partial charge in [-0.3, -0.25) is 14.4 Å². The minimum atomic E-state index is -0.430. The van der Waals surface area contributed by atoms with E-state index < -0.39 is 11.8 Å². The number of para-hydroxylation sites is 1. The summed E-state index contributed by atoms with van der Waals surface area (Å²) in [7, 11) is 1.59. The summed E-state index contributed by atoms with van der Waals surface area (Å²) in [5, 5.41) is 2.84. The van der Waals surface area contributed by atoms with Crippen LogP contribution in [0.1, 0.15) is 36.6 Å². The van der Waals surface area contributed by atoms with Gasteiger partial charge in [-0.05, 0) is 42.0 Å². The smallest absolute Gasteiger partial charge is 0.266 e. The largest absolute Gasteiger partial charge is 0.497 e. The highest BCUT2D eigenvalue weighted by molar-refractivity contribution is 6.35. The number of nitrogens with zero attached hydrogens (tertiary/aromatic N) is 1. The molecule has 3 aromatic rings. The van der Waals surface area contributed by atoms with Crippen LogP contribution in [0.2, 0.25) is 0 Å². The number of anilines is 1. The van der Waals surface area contributed by atoms with Gasteiger partial charge >= 0.3 is 0 Å². The molecule has 3 amide bonds. The van der Waals surface area contributed by atoms with Crippen molar-refractivity contribution >= 4 is 23.4 Å². The molecule has 144 valence electrons. The van der Waals surface area contributed by atoms with Crippen LogP contribution in [0.15, 0.2) is 72.8 Å². The molecular formula is C23H18N2O4. The molecule has 1 heterocycles. The monoisotopic (exact) mass is 386 g/mol. The van der Waals surface area contributed by atoms with Crippen LogP contribution in [0.5, 0.6) is 5.75 Å². The lowest BCUT2D eigenvalue weighted by Gasteiger charge is -2.18. The number of hydrogen-bond acceptors (Lipinski definition) is 4. The Kier molecular flexibility index (Phi) is 4.83. The van der Waals surface area contributed by atoms with Gasteiger partial charge in [0.1, 0.15) is 5.75 Å². The summed E-state index contributed by atoms with van der Waals surface area (Å²) in [6.07, 6.45) is 0. The van der Waals surface area contributed by atoms with Gasteiger partial charge in [0.15, 0.2) is 0 Å². The van der Waals surface area contributed by atoms with Gasteiger partial charge in [0.05, 0.1) is 29.5 Å². The fraction of sp³-hybridized carbons (Fsp3) is 0.0870. The van der Waals surface area contributed by atoms with E-state index in [0.29, 0.717) is 17.7 Å². The van der Waals surface area contributed by atoms with E-state index in [9.17, 15) is 14.4 Å². The van der Waals surface area contributed by atoms with Crippen molar-refractivity contribution in [1.82, 2.24) is 5.32 Å². The maximum absolute atomic E-state index is 12.8. The molecule has 0 aromatic heterocycles. The first kappa shape index (κ1) is 18.4. The fourth-order valence-corrected chi connectivity index (χ4v) is 3.29. The van der Waals surface area contributed by atoms with Gasteiger partial charge in [-0.1, -0.05) is 36.4 Å². The second kappa shape index (κ2) is 7.59. The number of benzene rings is 3. The Balaban J connectivity index is 1.58. The Labute approximate surface area is 167 Å². The molecule has 1 N–H and O–H groups in total. The topological polar surface area (TPSA) is 75.7 Å². The number of hydrogen-bond donors (Lipinski definition) is 1. The van der Waals surface area contributed by atoms with E-state index in [1.54, 1.807) is 55.6 Å². The van der Waals surface area contributed by atoms with Gasteiger partial charge in [0.25, 0.3) is 17.7 Å². The highest BCUT2D eigenvalue weighted by Crippen LogP contribution is 2.30. The van der Waals surface area contributed by atoms with Crippen molar-refractivity contribution in [2.24, 2.45) is 0 Å². The zero-order chi connectivity index (χ0) is 20.4. The summed E-state index contributed by atoms with van der Waals surface area (Å²) in [5.41, 5.74) is 2.11. The Bertz CT molecular complexity index is 1070. The Hall–Kier alpha value is -3.93. The van der Waals surface area contributed by atoms with E-state index in [0.717, 1.165) is 16.2 Å². The molecule has 29 heavy (non-hydrogen) atoms. The molecule has 0 saturated carbocycles. The van der Waals surface area contributed by atoms with Gasteiger partial charge in [0.2, 0.25) is 0 Å². The van der Waals surface area contributed by atoms with Crippen LogP contribution < -0.4 is 15.0 Å². The summed E-state index contributed by atoms with van der Waals surface area (Å²) in [6, 6.07) is 20.6. The molecule has 1 aliphatic heterocycles. The molecule has 0 fully saturated rings. The van der Waals surface area contributed by atoms with E-state index in [1.165, 1.54) is 0 Å². The normalized spacial score (nSPS) is 12.7. The van der Waals surface area contributed by atoms with Crippen molar-refractivity contribution < 1.29 is 19.1 Å². The van der Waals surface area contributed by atoms with Crippen LogP contribution in [0.3, 0.4) is 0 Å². The molecule has 0 radical (unpaired) electrons. The quantitative estimate of drug-likeness (QED) is 0.682. The van der Waals surface area contributed by atoms with Crippen molar-refractivity contribution in [3.05, 3.63) is 95.1 Å². The number of imide groups is 1. The predicted molar refractivity (Wildman–Crippen MR) is 108 cm³/mol. The first-order valence-corrected chi connectivity index (χ1v) is 9.08. The fourth-order valence-electron chi connectivity index (χ4n) is 3.29. The second-order valence-electron chi connectivity index (χ2n) is 6.54. The van der Waals surface area contributed by atoms with Crippen LogP contribution in [-0.4, -0.2) is 24.8 Å². The number of fused-ring (bicyclic) bond motifs is 1. The lowest BCUT2D eigenvalue weighted by atomic mass is 10.1. The molecule has 0 unspecified atom stereocenters. The Morgan fingerprint density at radius 1 is 0.862 bits per heavy atom. The highest BCUT2D eigenvalue weighted by Gasteiger charge is 2.37. The molecule has 0 bridgehead atoms. The summed E-state index contributed by atoms with van der Waals surface area (Å²) >= 11 is 0. The Morgan fingerprint density at radius 2 is 1.45 bits per heavy atom. The molecule has 3 aromatic carbocycles. The molecule has 1 aliphatic rings. The van der Waals surface area contributed by atoms with E-state index >= 15 is 0 Å². The summed E-state index contributed by atoms with van der Waals surface area (Å²) in [4.78, 5) is 39.4. The average Bonchev–Trinajstić information content (AvgIpc) is 3.02. The Morgan fingerprint density at radius 3 is 2.07 bits per heavy atom. The maximum Gasteiger partial charge on any atom is 0.266 e. The van der Waals surface area contributed by atoms with Gasteiger partial charge in [-0.25, -0.2) is 4.90 Å². The van der Waals surface area contributed by atoms with E-state index in [1.807, 2.05) is 24.3 Å². The van der Waals surface area contributed by atoms with Crippen LogP contribution >= 0.6 is 0 Å². The minimum absolute atomic E-state index is 0.260. The van der Waals surface area contributed by atoms with Crippen molar-refractivity contribution in [3.8, 4) is 5.75 Å². The third kappa shape index (κ3) is 3.36. The molecule has 6 nitrogen and oxygen atoms in total. The number of methoxy groups -OCH3 is 1. The van der Waals surface area contributed by atoms with Crippen LogP contribution in [-0.2, 0) is 6.54 Å². The SMILES string of the molecule is COc1ccc(CNC(=O)c2ccccc2N2C(=O)c3ccccc3C2=O)cc1. The zero-order valence-corrected chi connectivity index (χ0v) is 15.7. The lowest BCUT2D eigenvalue weighted by Crippen LogP contribution is -2.32. The van der Waals surface area contributed by atoms with Crippen molar-refractivity contribution in [1.29, 1.82) is 0 Å².